The summed E-state index contributed by atoms with van der Waals surface area (Å²) in [5.41, 5.74) is 12.7. The van der Waals surface area contributed by atoms with E-state index < -0.39 is 0 Å². The third-order valence-corrected chi connectivity index (χ3v) is 5.99. The molecule has 118 valence electrons. The van der Waals surface area contributed by atoms with Crippen molar-refractivity contribution in [2.45, 2.75) is 45.6 Å². The van der Waals surface area contributed by atoms with Gasteiger partial charge in [0.2, 0.25) is 0 Å². The highest BCUT2D eigenvalue weighted by molar-refractivity contribution is 7.11. The van der Waals surface area contributed by atoms with Gasteiger partial charge < -0.3 is 5.73 Å². The largest absolute Gasteiger partial charge is 0.318 e. The first-order valence-corrected chi connectivity index (χ1v) is 9.06. The number of thiazole rings is 1. The van der Waals surface area contributed by atoms with Crippen LogP contribution in [0.25, 0.3) is 10.9 Å². The highest BCUT2D eigenvalue weighted by atomic mass is 32.1. The van der Waals surface area contributed by atoms with Crippen LogP contribution >= 0.6 is 11.3 Å². The number of para-hydroxylation sites is 1. The zero-order valence-corrected chi connectivity index (χ0v) is 14.4. The predicted octanol–water partition coefficient (Wildman–Crippen LogP) is 4.24. The maximum absolute atomic E-state index is 6.71. The van der Waals surface area contributed by atoms with Crippen molar-refractivity contribution in [2.24, 2.45) is 5.73 Å². The predicted molar refractivity (Wildman–Crippen MR) is 96.0 cm³/mol. The lowest BCUT2D eigenvalue weighted by Gasteiger charge is -2.23. The number of nitrogens with two attached hydrogens (primary N) is 1. The average Bonchev–Trinajstić information content (AvgIpc) is 2.91. The fourth-order valence-corrected chi connectivity index (χ4v) is 4.45. The first-order valence-electron chi connectivity index (χ1n) is 8.25. The zero-order valence-electron chi connectivity index (χ0n) is 13.6. The summed E-state index contributed by atoms with van der Waals surface area (Å²) in [6, 6.07) is 8.22. The zero-order chi connectivity index (χ0) is 16.0. The smallest absolute Gasteiger partial charge is 0.114 e. The summed E-state index contributed by atoms with van der Waals surface area (Å²) in [5.74, 6) is 0. The van der Waals surface area contributed by atoms with Gasteiger partial charge in [-0.2, -0.15) is 0 Å². The molecule has 23 heavy (non-hydrogen) atoms. The minimum atomic E-state index is -0.160. The molecule has 0 saturated carbocycles. The Bertz CT molecular complexity index is 862. The van der Waals surface area contributed by atoms with Crippen LogP contribution in [0.15, 0.2) is 24.3 Å². The summed E-state index contributed by atoms with van der Waals surface area (Å²) in [7, 11) is 0. The van der Waals surface area contributed by atoms with Gasteiger partial charge in [-0.15, -0.1) is 11.3 Å². The molecule has 0 bridgehead atoms. The van der Waals surface area contributed by atoms with E-state index in [0.29, 0.717) is 0 Å². The molecule has 0 fully saturated rings. The molecule has 4 heteroatoms. The van der Waals surface area contributed by atoms with E-state index in [2.05, 4.69) is 38.1 Å². The fourth-order valence-electron chi connectivity index (χ4n) is 3.52. The van der Waals surface area contributed by atoms with Gasteiger partial charge >= 0.3 is 0 Å². The fraction of sp³-hybridized carbons (Fsp3) is 0.368. The van der Waals surface area contributed by atoms with Crippen LogP contribution in [-0.2, 0) is 12.8 Å². The van der Waals surface area contributed by atoms with Crippen LogP contribution in [0.2, 0.25) is 0 Å². The molecule has 0 radical (unpaired) electrons. The van der Waals surface area contributed by atoms with Crippen molar-refractivity contribution in [3.63, 3.8) is 0 Å². The van der Waals surface area contributed by atoms with Crippen LogP contribution in [0.3, 0.4) is 0 Å². The number of pyridine rings is 1. The topological polar surface area (TPSA) is 51.8 Å². The van der Waals surface area contributed by atoms with E-state index >= 15 is 0 Å². The number of hydrogen-bond donors (Lipinski definition) is 1. The van der Waals surface area contributed by atoms with Crippen molar-refractivity contribution < 1.29 is 0 Å². The van der Waals surface area contributed by atoms with Gasteiger partial charge in [-0.25, -0.2) is 4.98 Å². The van der Waals surface area contributed by atoms with Crippen LogP contribution in [-0.4, -0.2) is 9.97 Å². The van der Waals surface area contributed by atoms with E-state index in [0.717, 1.165) is 29.1 Å². The van der Waals surface area contributed by atoms with Crippen molar-refractivity contribution in [2.75, 3.05) is 0 Å². The number of aromatic nitrogens is 2. The number of hydrogen-bond acceptors (Lipinski definition) is 4. The maximum atomic E-state index is 6.71. The quantitative estimate of drug-likeness (QED) is 0.767. The summed E-state index contributed by atoms with van der Waals surface area (Å²) in [5, 5.41) is 2.20. The van der Waals surface area contributed by atoms with E-state index in [9.17, 15) is 0 Å². The van der Waals surface area contributed by atoms with Crippen LogP contribution < -0.4 is 5.73 Å². The number of aryl methyl sites for hydroxylation is 3. The summed E-state index contributed by atoms with van der Waals surface area (Å²) >= 11 is 1.72. The van der Waals surface area contributed by atoms with Gasteiger partial charge in [0.15, 0.2) is 0 Å². The molecule has 3 nitrogen and oxygen atoms in total. The monoisotopic (exact) mass is 323 g/mol. The highest BCUT2D eigenvalue weighted by Gasteiger charge is 2.24. The number of fused-ring (bicyclic) bond motifs is 2. The molecule has 3 aromatic rings. The molecule has 2 heterocycles. The summed E-state index contributed by atoms with van der Waals surface area (Å²) in [6.07, 6.45) is 4.60. The molecular weight excluding hydrogens is 302 g/mol. The van der Waals surface area contributed by atoms with Gasteiger partial charge in [0.25, 0.3) is 0 Å². The number of rotatable bonds is 2. The highest BCUT2D eigenvalue weighted by Crippen LogP contribution is 2.36. The van der Waals surface area contributed by atoms with Gasteiger partial charge in [0.05, 0.1) is 17.3 Å². The van der Waals surface area contributed by atoms with E-state index in [1.165, 1.54) is 39.9 Å². The van der Waals surface area contributed by atoms with Crippen LogP contribution in [0.1, 0.15) is 51.3 Å². The molecule has 1 atom stereocenters. The third kappa shape index (κ3) is 2.46. The van der Waals surface area contributed by atoms with E-state index in [-0.39, 0.29) is 6.04 Å². The first-order chi connectivity index (χ1) is 11.1. The Hall–Kier alpha value is -1.78. The molecule has 0 amide bonds. The second-order valence-electron chi connectivity index (χ2n) is 6.35. The average molecular weight is 323 g/mol. The number of nitrogens with zero attached hydrogens (tertiary/aromatic N) is 2. The lowest BCUT2D eigenvalue weighted by Crippen LogP contribution is -2.18. The molecule has 0 saturated heterocycles. The van der Waals surface area contributed by atoms with Gasteiger partial charge in [-0.1, -0.05) is 18.2 Å². The minimum absolute atomic E-state index is 0.160. The van der Waals surface area contributed by atoms with Crippen molar-refractivity contribution >= 4 is 22.2 Å². The number of benzene rings is 1. The van der Waals surface area contributed by atoms with Crippen molar-refractivity contribution in [3.05, 3.63) is 56.7 Å². The molecule has 0 aliphatic heterocycles. The normalized spacial score (nSPS) is 15.6. The third-order valence-electron chi connectivity index (χ3n) is 4.84. The van der Waals surface area contributed by atoms with Gasteiger partial charge in [-0.3, -0.25) is 4.98 Å². The first kappa shape index (κ1) is 14.8. The Morgan fingerprint density at radius 1 is 1.09 bits per heavy atom. The van der Waals surface area contributed by atoms with E-state index in [4.69, 9.17) is 15.7 Å². The lowest BCUT2D eigenvalue weighted by molar-refractivity contribution is 0.658. The SMILES string of the molecule is Cc1nc(C(N)c2c3c(nc4ccccc24)CCCC3)sc1C. The molecule has 1 unspecified atom stereocenters. The maximum Gasteiger partial charge on any atom is 0.114 e. The molecule has 2 aromatic heterocycles. The lowest BCUT2D eigenvalue weighted by atomic mass is 9.87. The molecular formula is C19H21N3S. The Labute approximate surface area is 140 Å². The minimum Gasteiger partial charge on any atom is -0.318 e. The Morgan fingerprint density at radius 2 is 1.87 bits per heavy atom. The summed E-state index contributed by atoms with van der Waals surface area (Å²) < 4.78 is 0. The van der Waals surface area contributed by atoms with Gasteiger partial charge in [0, 0.05) is 16.0 Å². The van der Waals surface area contributed by atoms with Crippen LogP contribution in [0.5, 0.6) is 0 Å². The second-order valence-corrected chi connectivity index (χ2v) is 7.58. The van der Waals surface area contributed by atoms with E-state index in [1.807, 2.05) is 0 Å². The summed E-state index contributed by atoms with van der Waals surface area (Å²) in [4.78, 5) is 10.9. The van der Waals surface area contributed by atoms with Gasteiger partial charge in [-0.05, 0) is 56.7 Å². The second kappa shape index (κ2) is 5.69. The van der Waals surface area contributed by atoms with Crippen LogP contribution in [0.4, 0.5) is 0 Å². The molecule has 1 aromatic carbocycles. The van der Waals surface area contributed by atoms with Crippen LogP contribution in [0, 0.1) is 13.8 Å². The molecule has 2 N–H and O–H groups in total. The molecule has 1 aliphatic carbocycles. The molecule has 0 spiro atoms. The molecule has 1 aliphatic rings. The van der Waals surface area contributed by atoms with Crippen molar-refractivity contribution in [1.29, 1.82) is 0 Å². The Balaban J connectivity index is 1.96. The summed E-state index contributed by atoms with van der Waals surface area (Å²) in [6.45, 7) is 4.17. The molecule has 4 rings (SSSR count). The van der Waals surface area contributed by atoms with Crippen molar-refractivity contribution in [1.82, 2.24) is 9.97 Å². The van der Waals surface area contributed by atoms with Crippen molar-refractivity contribution in [3.8, 4) is 0 Å². The van der Waals surface area contributed by atoms with E-state index in [1.54, 1.807) is 11.3 Å². The van der Waals surface area contributed by atoms with Gasteiger partial charge in [0.1, 0.15) is 5.01 Å². The Kier molecular flexibility index (Phi) is 3.66. The Morgan fingerprint density at radius 3 is 2.65 bits per heavy atom. The standard InChI is InChI=1S/C19H21N3S/c1-11-12(2)23-19(21-11)18(20)17-13-7-3-5-9-15(13)22-16-10-6-4-8-14(16)17/h3,5,7,9,18H,4,6,8,10,20H2,1-2H3.